The van der Waals surface area contributed by atoms with Crippen molar-refractivity contribution in [2.24, 2.45) is 0 Å². The van der Waals surface area contributed by atoms with Gasteiger partial charge in [0, 0.05) is 48.9 Å². The van der Waals surface area contributed by atoms with Crippen LogP contribution >= 0.6 is 0 Å². The number of nitrogens with one attached hydrogen (secondary N) is 1. The third-order valence-electron chi connectivity index (χ3n) is 4.66. The second-order valence-electron chi connectivity index (χ2n) is 6.83. The molecular formula is C20H22N6O2. The Morgan fingerprint density at radius 3 is 2.86 bits per heavy atom. The number of hydrogen-bond donors (Lipinski definition) is 1. The number of carbonyl (C=O) groups is 1. The molecular weight excluding hydrogens is 356 g/mol. The Morgan fingerprint density at radius 2 is 2.07 bits per heavy atom. The van der Waals surface area contributed by atoms with Gasteiger partial charge in [-0.05, 0) is 38.3 Å². The minimum absolute atomic E-state index is 0.211. The molecule has 0 saturated carbocycles. The highest BCUT2D eigenvalue weighted by molar-refractivity contribution is 5.92. The zero-order valence-electron chi connectivity index (χ0n) is 15.8. The highest BCUT2D eigenvalue weighted by Crippen LogP contribution is 2.20. The van der Waals surface area contributed by atoms with E-state index in [2.05, 4.69) is 30.3 Å². The van der Waals surface area contributed by atoms with Crippen LogP contribution in [0, 0.1) is 6.92 Å². The lowest BCUT2D eigenvalue weighted by atomic mass is 10.1. The highest BCUT2D eigenvalue weighted by Gasteiger charge is 2.16. The van der Waals surface area contributed by atoms with Gasteiger partial charge >= 0.3 is 0 Å². The van der Waals surface area contributed by atoms with Gasteiger partial charge in [0.2, 0.25) is 0 Å². The van der Waals surface area contributed by atoms with E-state index in [1.54, 1.807) is 24.5 Å². The Labute approximate surface area is 163 Å². The molecule has 1 N–H and O–H groups in total. The van der Waals surface area contributed by atoms with Gasteiger partial charge in [-0.25, -0.2) is 9.97 Å². The van der Waals surface area contributed by atoms with Crippen LogP contribution < -0.4 is 10.2 Å². The molecule has 3 aromatic rings. The summed E-state index contributed by atoms with van der Waals surface area (Å²) in [5.41, 5.74) is 1.87. The van der Waals surface area contributed by atoms with Gasteiger partial charge in [-0.3, -0.25) is 9.78 Å². The predicted octanol–water partition coefficient (Wildman–Crippen LogP) is 2.76. The number of amides is 1. The van der Waals surface area contributed by atoms with E-state index < -0.39 is 0 Å². The van der Waals surface area contributed by atoms with Crippen LogP contribution in [0.4, 0.5) is 5.82 Å². The Bertz CT molecular complexity index is 950. The zero-order valence-corrected chi connectivity index (χ0v) is 15.8. The summed E-state index contributed by atoms with van der Waals surface area (Å²) in [4.78, 5) is 27.8. The lowest BCUT2D eigenvalue weighted by Gasteiger charge is -2.28. The number of aryl methyl sites for hydroxylation is 1. The molecule has 4 rings (SSSR count). The molecule has 3 aromatic heterocycles. The van der Waals surface area contributed by atoms with Gasteiger partial charge < -0.3 is 14.7 Å². The number of aromatic nitrogens is 4. The fourth-order valence-electron chi connectivity index (χ4n) is 3.25. The highest BCUT2D eigenvalue weighted by atomic mass is 16.5. The molecule has 0 radical (unpaired) electrons. The van der Waals surface area contributed by atoms with E-state index in [-0.39, 0.29) is 18.1 Å². The zero-order chi connectivity index (χ0) is 19.3. The lowest BCUT2D eigenvalue weighted by Crippen LogP contribution is -2.31. The Morgan fingerprint density at radius 1 is 1.21 bits per heavy atom. The van der Waals surface area contributed by atoms with Crippen molar-refractivity contribution < 1.29 is 9.32 Å². The Hall–Kier alpha value is -3.29. The summed E-state index contributed by atoms with van der Waals surface area (Å²) in [5, 5.41) is 6.67. The minimum atomic E-state index is -0.330. The van der Waals surface area contributed by atoms with Crippen LogP contribution in [-0.2, 0) is 6.54 Å². The summed E-state index contributed by atoms with van der Waals surface area (Å²) in [7, 11) is 0. The topological polar surface area (TPSA) is 97.0 Å². The first-order valence-corrected chi connectivity index (χ1v) is 9.44. The predicted molar refractivity (Wildman–Crippen MR) is 104 cm³/mol. The monoisotopic (exact) mass is 378 g/mol. The molecule has 8 heteroatoms. The normalized spacial score (nSPS) is 14.1. The quantitative estimate of drug-likeness (QED) is 0.729. The number of carbonyl (C=O) groups excluding carboxylic acids is 1. The van der Waals surface area contributed by atoms with Gasteiger partial charge in [-0.15, -0.1) is 0 Å². The van der Waals surface area contributed by atoms with Crippen molar-refractivity contribution >= 4 is 11.7 Å². The molecule has 4 heterocycles. The van der Waals surface area contributed by atoms with E-state index in [4.69, 9.17) is 4.52 Å². The third kappa shape index (κ3) is 4.16. The molecule has 1 fully saturated rings. The van der Waals surface area contributed by atoms with Crippen molar-refractivity contribution in [3.8, 4) is 11.3 Å². The van der Waals surface area contributed by atoms with E-state index in [1.807, 2.05) is 19.1 Å². The largest absolute Gasteiger partial charge is 0.357 e. The minimum Gasteiger partial charge on any atom is -0.357 e. The SMILES string of the molecule is Cc1cc(N2CCCCC2)nc(CNC(=O)c2cc(-c3cccnc3)on2)n1. The first-order valence-electron chi connectivity index (χ1n) is 9.44. The molecule has 1 aliphatic rings. The summed E-state index contributed by atoms with van der Waals surface area (Å²) >= 11 is 0. The number of piperidine rings is 1. The molecule has 0 unspecified atom stereocenters. The lowest BCUT2D eigenvalue weighted by molar-refractivity contribution is 0.0941. The molecule has 1 aliphatic heterocycles. The van der Waals surface area contributed by atoms with Crippen molar-refractivity contribution in [2.45, 2.75) is 32.7 Å². The number of anilines is 1. The van der Waals surface area contributed by atoms with Crippen LogP contribution in [0.5, 0.6) is 0 Å². The average Bonchev–Trinajstić information content (AvgIpc) is 3.23. The van der Waals surface area contributed by atoms with Crippen LogP contribution in [0.2, 0.25) is 0 Å². The molecule has 8 nitrogen and oxygen atoms in total. The van der Waals surface area contributed by atoms with E-state index in [0.29, 0.717) is 11.6 Å². The fraction of sp³-hybridized carbons (Fsp3) is 0.350. The van der Waals surface area contributed by atoms with Gasteiger partial charge in [-0.2, -0.15) is 0 Å². The standard InChI is InChI=1S/C20H22N6O2/c1-14-10-19(26-8-3-2-4-9-26)24-18(23-14)13-22-20(27)16-11-17(28-25-16)15-6-5-7-21-12-15/h5-7,10-12H,2-4,8-9,13H2,1H3,(H,22,27). The first-order chi connectivity index (χ1) is 13.7. The molecule has 0 spiro atoms. The fourth-order valence-corrected chi connectivity index (χ4v) is 3.25. The van der Waals surface area contributed by atoms with Gasteiger partial charge in [0.15, 0.2) is 11.5 Å². The van der Waals surface area contributed by atoms with E-state index in [1.165, 1.54) is 19.3 Å². The van der Waals surface area contributed by atoms with E-state index in [9.17, 15) is 4.79 Å². The second kappa shape index (κ2) is 8.16. The number of rotatable bonds is 5. The Balaban J connectivity index is 1.42. The van der Waals surface area contributed by atoms with E-state index >= 15 is 0 Å². The maximum atomic E-state index is 12.4. The van der Waals surface area contributed by atoms with Crippen molar-refractivity contribution in [3.63, 3.8) is 0 Å². The maximum Gasteiger partial charge on any atom is 0.273 e. The van der Waals surface area contributed by atoms with Gasteiger partial charge in [-0.1, -0.05) is 5.16 Å². The molecule has 28 heavy (non-hydrogen) atoms. The molecule has 144 valence electrons. The Kier molecular flexibility index (Phi) is 5.27. The summed E-state index contributed by atoms with van der Waals surface area (Å²) in [5.74, 6) is 1.68. The number of hydrogen-bond acceptors (Lipinski definition) is 7. The van der Waals surface area contributed by atoms with Crippen LogP contribution in [0.15, 0.2) is 41.2 Å². The number of nitrogens with zero attached hydrogens (tertiary/aromatic N) is 5. The third-order valence-corrected chi connectivity index (χ3v) is 4.66. The van der Waals surface area contributed by atoms with E-state index in [0.717, 1.165) is 30.2 Å². The summed E-state index contributed by atoms with van der Waals surface area (Å²) in [6.07, 6.45) is 6.96. The van der Waals surface area contributed by atoms with Crippen molar-refractivity contribution in [3.05, 3.63) is 53.9 Å². The van der Waals surface area contributed by atoms with Crippen molar-refractivity contribution in [2.75, 3.05) is 18.0 Å². The smallest absolute Gasteiger partial charge is 0.273 e. The maximum absolute atomic E-state index is 12.4. The summed E-state index contributed by atoms with van der Waals surface area (Å²) in [6.45, 7) is 4.20. The van der Waals surface area contributed by atoms with Crippen LogP contribution in [0.1, 0.15) is 41.3 Å². The van der Waals surface area contributed by atoms with Gasteiger partial charge in [0.05, 0.1) is 6.54 Å². The van der Waals surface area contributed by atoms with Gasteiger partial charge in [0.25, 0.3) is 5.91 Å². The molecule has 1 saturated heterocycles. The second-order valence-corrected chi connectivity index (χ2v) is 6.83. The van der Waals surface area contributed by atoms with Crippen molar-refractivity contribution in [1.29, 1.82) is 0 Å². The molecule has 0 aromatic carbocycles. The van der Waals surface area contributed by atoms with Crippen LogP contribution in [0.25, 0.3) is 11.3 Å². The van der Waals surface area contributed by atoms with Crippen molar-refractivity contribution in [1.82, 2.24) is 25.4 Å². The molecule has 1 amide bonds. The van der Waals surface area contributed by atoms with Crippen LogP contribution in [-0.4, -0.2) is 39.1 Å². The molecule has 0 atom stereocenters. The number of pyridine rings is 1. The average molecular weight is 378 g/mol. The van der Waals surface area contributed by atoms with Gasteiger partial charge in [0.1, 0.15) is 11.6 Å². The summed E-state index contributed by atoms with van der Waals surface area (Å²) < 4.78 is 5.25. The molecule has 0 bridgehead atoms. The molecule has 0 aliphatic carbocycles. The first kappa shape index (κ1) is 18.1. The summed E-state index contributed by atoms with van der Waals surface area (Å²) in [6, 6.07) is 7.24. The van der Waals surface area contributed by atoms with Crippen LogP contribution in [0.3, 0.4) is 0 Å².